The summed E-state index contributed by atoms with van der Waals surface area (Å²) in [5.74, 6) is 0.691. The Morgan fingerprint density at radius 3 is 2.68 bits per heavy atom. The average molecular weight is 484 g/mol. The van der Waals surface area contributed by atoms with Crippen molar-refractivity contribution in [3.63, 3.8) is 0 Å². The summed E-state index contributed by atoms with van der Waals surface area (Å²) in [5.41, 5.74) is 0.858. The monoisotopic (exact) mass is 484 g/mol. The second-order valence-corrected chi connectivity index (χ2v) is 7.18. The lowest BCUT2D eigenvalue weighted by Crippen LogP contribution is -2.41. The highest BCUT2D eigenvalue weighted by molar-refractivity contribution is 14.0. The molecule has 0 aliphatic heterocycles. The highest BCUT2D eigenvalue weighted by Crippen LogP contribution is 2.11. The predicted molar refractivity (Wildman–Crippen MR) is 112 cm³/mol. The maximum atomic E-state index is 12.2. The first-order chi connectivity index (χ1) is 11.4. The van der Waals surface area contributed by atoms with Gasteiger partial charge in [-0.3, -0.25) is 4.99 Å². The fourth-order valence-corrected chi connectivity index (χ4v) is 2.98. The molecule has 144 valence electrons. The van der Waals surface area contributed by atoms with Gasteiger partial charge in [0, 0.05) is 33.3 Å². The normalized spacial score (nSPS) is 13.0. The van der Waals surface area contributed by atoms with Gasteiger partial charge in [-0.15, -0.1) is 24.0 Å². The predicted octanol–water partition coefficient (Wildman–Crippen LogP) is 1.69. The number of guanidine groups is 1. The largest absolute Gasteiger partial charge is 0.383 e. The van der Waals surface area contributed by atoms with Gasteiger partial charge in [0.2, 0.25) is 10.0 Å². The number of aliphatic imine (C=N–C) groups is 1. The minimum absolute atomic E-state index is 0. The summed E-state index contributed by atoms with van der Waals surface area (Å²) in [6.07, 6.45) is 0.988. The lowest BCUT2D eigenvalue weighted by molar-refractivity contribution is 0.204. The Bertz CT molecular complexity index is 638. The minimum atomic E-state index is -3.53. The molecule has 1 aromatic rings. The highest BCUT2D eigenvalue weighted by atomic mass is 127. The summed E-state index contributed by atoms with van der Waals surface area (Å²) in [5, 5.41) is 6.45. The lowest BCUT2D eigenvalue weighted by atomic mass is 10.2. The number of benzene rings is 1. The van der Waals surface area contributed by atoms with E-state index in [1.807, 2.05) is 6.07 Å². The molecule has 25 heavy (non-hydrogen) atoms. The van der Waals surface area contributed by atoms with Crippen molar-refractivity contribution in [1.29, 1.82) is 0 Å². The lowest BCUT2D eigenvalue weighted by Gasteiger charge is -2.16. The zero-order chi connectivity index (χ0) is 18.0. The first-order valence-corrected chi connectivity index (χ1v) is 9.46. The summed E-state index contributed by atoms with van der Waals surface area (Å²) in [6.45, 7) is 5.23. The third-order valence-electron chi connectivity index (χ3n) is 3.49. The van der Waals surface area contributed by atoms with Crippen LogP contribution in [0.5, 0.6) is 0 Å². The molecule has 0 heterocycles. The van der Waals surface area contributed by atoms with E-state index in [-0.39, 0.29) is 35.4 Å². The smallest absolute Gasteiger partial charge is 0.240 e. The quantitative estimate of drug-likeness (QED) is 0.215. The molecule has 0 bridgehead atoms. The number of halogens is 1. The zero-order valence-corrected chi connectivity index (χ0v) is 18.4. The van der Waals surface area contributed by atoms with E-state index in [0.717, 1.165) is 12.0 Å². The summed E-state index contributed by atoms with van der Waals surface area (Å²) in [7, 11) is -0.290. The number of nitrogens with zero attached hydrogens (tertiary/aromatic N) is 1. The van der Waals surface area contributed by atoms with Gasteiger partial charge in [-0.2, -0.15) is 0 Å². The van der Waals surface area contributed by atoms with Gasteiger partial charge in [-0.1, -0.05) is 19.1 Å². The van der Waals surface area contributed by atoms with Crippen molar-refractivity contribution in [1.82, 2.24) is 15.4 Å². The van der Waals surface area contributed by atoms with Crippen LogP contribution in [0.15, 0.2) is 34.2 Å². The molecular weight excluding hydrogens is 455 g/mol. The molecule has 0 amide bonds. The molecule has 3 N–H and O–H groups in total. The van der Waals surface area contributed by atoms with E-state index in [1.54, 1.807) is 25.2 Å². The molecule has 1 atom stereocenters. The third kappa shape index (κ3) is 8.84. The van der Waals surface area contributed by atoms with Gasteiger partial charge in [-0.05, 0) is 31.0 Å². The fraction of sp³-hybridized carbons (Fsp3) is 0.562. The highest BCUT2D eigenvalue weighted by Gasteiger charge is 2.13. The number of nitrogens with one attached hydrogen (secondary N) is 3. The van der Waals surface area contributed by atoms with E-state index in [0.29, 0.717) is 25.2 Å². The van der Waals surface area contributed by atoms with Crippen LogP contribution in [0.1, 0.15) is 25.8 Å². The van der Waals surface area contributed by atoms with Crippen molar-refractivity contribution >= 4 is 40.0 Å². The Morgan fingerprint density at radius 2 is 2.08 bits per heavy atom. The number of rotatable bonds is 9. The van der Waals surface area contributed by atoms with Crippen molar-refractivity contribution < 1.29 is 13.2 Å². The molecule has 1 unspecified atom stereocenters. The minimum Gasteiger partial charge on any atom is -0.383 e. The van der Waals surface area contributed by atoms with Crippen LogP contribution in [0.2, 0.25) is 0 Å². The van der Waals surface area contributed by atoms with E-state index in [9.17, 15) is 8.42 Å². The molecule has 0 aromatic heterocycles. The van der Waals surface area contributed by atoms with Crippen molar-refractivity contribution in [2.75, 3.05) is 27.3 Å². The van der Waals surface area contributed by atoms with Crippen molar-refractivity contribution in [2.24, 2.45) is 4.99 Å². The van der Waals surface area contributed by atoms with Crippen LogP contribution in [0.4, 0.5) is 0 Å². The summed E-state index contributed by atoms with van der Waals surface area (Å²) >= 11 is 0. The standard InChI is InChI=1S/C16H28N4O3S.HI/c1-5-13(2)20-16(17-3)18-12-14-7-6-8-15(11-14)24(21,22)19-9-10-23-4;/h6-8,11,13,19H,5,9-10,12H2,1-4H3,(H2,17,18,20);1H. The molecule has 0 fully saturated rings. The molecule has 0 saturated heterocycles. The second kappa shape index (κ2) is 12.4. The first kappa shape index (κ1) is 24.1. The molecule has 0 aliphatic carbocycles. The molecule has 7 nitrogen and oxygen atoms in total. The van der Waals surface area contributed by atoms with Crippen LogP contribution >= 0.6 is 24.0 Å². The van der Waals surface area contributed by atoms with E-state index in [2.05, 4.69) is 34.2 Å². The Kier molecular flexibility index (Phi) is 12.0. The van der Waals surface area contributed by atoms with E-state index in [4.69, 9.17) is 4.74 Å². The van der Waals surface area contributed by atoms with Crippen LogP contribution in [0.25, 0.3) is 0 Å². The van der Waals surface area contributed by atoms with Crippen LogP contribution in [0, 0.1) is 0 Å². The van der Waals surface area contributed by atoms with Crippen LogP contribution in [-0.2, 0) is 21.3 Å². The maximum absolute atomic E-state index is 12.2. The van der Waals surface area contributed by atoms with Crippen molar-refractivity contribution in [3.8, 4) is 0 Å². The van der Waals surface area contributed by atoms with Gasteiger partial charge in [0.05, 0.1) is 11.5 Å². The maximum Gasteiger partial charge on any atom is 0.240 e. The molecule has 9 heteroatoms. The molecular formula is C16H29IN4O3S. The average Bonchev–Trinajstić information content (AvgIpc) is 2.58. The zero-order valence-electron chi connectivity index (χ0n) is 15.2. The van der Waals surface area contributed by atoms with Gasteiger partial charge in [0.1, 0.15) is 0 Å². The van der Waals surface area contributed by atoms with E-state index in [1.165, 1.54) is 7.11 Å². The second-order valence-electron chi connectivity index (χ2n) is 5.42. The topological polar surface area (TPSA) is 91.8 Å². The Balaban J connectivity index is 0.00000576. The number of hydrogen-bond acceptors (Lipinski definition) is 4. The Labute approximate surface area is 168 Å². The number of ether oxygens (including phenoxy) is 1. The first-order valence-electron chi connectivity index (χ1n) is 7.97. The molecule has 0 saturated carbocycles. The number of hydrogen-bond donors (Lipinski definition) is 3. The third-order valence-corrected chi connectivity index (χ3v) is 4.94. The number of methoxy groups -OCH3 is 1. The van der Waals surface area contributed by atoms with E-state index >= 15 is 0 Å². The van der Waals surface area contributed by atoms with Crippen LogP contribution < -0.4 is 15.4 Å². The Morgan fingerprint density at radius 1 is 1.36 bits per heavy atom. The fourth-order valence-electron chi connectivity index (χ4n) is 1.90. The number of sulfonamides is 1. The van der Waals surface area contributed by atoms with Crippen molar-refractivity contribution in [3.05, 3.63) is 29.8 Å². The van der Waals surface area contributed by atoms with Gasteiger partial charge in [-0.25, -0.2) is 13.1 Å². The molecule has 0 aliphatic rings. The molecule has 0 spiro atoms. The van der Waals surface area contributed by atoms with Crippen molar-refractivity contribution in [2.45, 2.75) is 37.8 Å². The van der Waals surface area contributed by atoms with Gasteiger partial charge >= 0.3 is 0 Å². The molecule has 0 radical (unpaired) electrons. The SMILES string of the molecule is CCC(C)NC(=NC)NCc1cccc(S(=O)(=O)NCCOC)c1.I. The summed E-state index contributed by atoms with van der Waals surface area (Å²) in [6, 6.07) is 7.14. The van der Waals surface area contributed by atoms with E-state index < -0.39 is 10.0 Å². The molecule has 1 rings (SSSR count). The van der Waals surface area contributed by atoms with Gasteiger partial charge in [0.15, 0.2) is 5.96 Å². The van der Waals surface area contributed by atoms with Crippen LogP contribution in [-0.4, -0.2) is 47.7 Å². The summed E-state index contributed by atoms with van der Waals surface area (Å²) < 4.78 is 31.8. The summed E-state index contributed by atoms with van der Waals surface area (Å²) in [4.78, 5) is 4.40. The molecule has 1 aromatic carbocycles. The Hall–Kier alpha value is -0.910. The van der Waals surface area contributed by atoms with Gasteiger partial charge in [0.25, 0.3) is 0 Å². The van der Waals surface area contributed by atoms with Crippen LogP contribution in [0.3, 0.4) is 0 Å². The van der Waals surface area contributed by atoms with Gasteiger partial charge < -0.3 is 15.4 Å².